The molecule has 0 spiro atoms. The summed E-state index contributed by atoms with van der Waals surface area (Å²) in [7, 11) is 0. The number of aryl methyl sites for hydroxylation is 2. The van der Waals surface area contributed by atoms with Crippen LogP contribution in [0.5, 0.6) is 0 Å². The molecule has 0 saturated heterocycles. The molecule has 14 rings (SSSR count). The highest BCUT2D eigenvalue weighted by atomic mass is 16.3. The summed E-state index contributed by atoms with van der Waals surface area (Å²) in [6, 6.07) is 75.2. The number of rotatable bonds is 7. The Bertz CT molecular complexity index is 3920. The van der Waals surface area contributed by atoms with Crippen LogP contribution in [0.2, 0.25) is 0 Å². The molecule has 70 heavy (non-hydrogen) atoms. The van der Waals surface area contributed by atoms with Gasteiger partial charge in [0.1, 0.15) is 5.58 Å². The summed E-state index contributed by atoms with van der Waals surface area (Å²) in [6.07, 6.45) is 3.33. The van der Waals surface area contributed by atoms with Crippen LogP contribution in [0.1, 0.15) is 55.9 Å². The maximum atomic E-state index is 7.36. The smallest absolute Gasteiger partial charge is 0.333 e. The summed E-state index contributed by atoms with van der Waals surface area (Å²) in [4.78, 5) is 5.25. The molecule has 334 valence electrons. The molecule has 1 aliphatic carbocycles. The van der Waals surface area contributed by atoms with Crippen molar-refractivity contribution in [1.29, 1.82) is 0 Å². The fourth-order valence-electron chi connectivity index (χ4n) is 12.4. The molecule has 0 fully saturated rings. The quantitative estimate of drug-likeness (QED) is 0.149. The van der Waals surface area contributed by atoms with Crippen LogP contribution in [-0.2, 0) is 11.8 Å². The predicted molar refractivity (Wildman–Crippen MR) is 297 cm³/mol. The largest absolute Gasteiger partial charge is 0.454 e. The Morgan fingerprint density at radius 2 is 1.23 bits per heavy atom. The predicted octanol–water partition coefficient (Wildman–Crippen LogP) is 16.7. The van der Waals surface area contributed by atoms with Gasteiger partial charge in [-0.3, -0.25) is 0 Å². The van der Waals surface area contributed by atoms with Gasteiger partial charge in [0.25, 0.3) is 0 Å². The molecular weight excluding hydrogens is 848 g/mol. The van der Waals surface area contributed by atoms with E-state index in [2.05, 4.69) is 238 Å². The van der Waals surface area contributed by atoms with Crippen LogP contribution in [0, 0.1) is 6.92 Å². The van der Waals surface area contributed by atoms with E-state index in [1.165, 1.54) is 99.8 Å². The van der Waals surface area contributed by atoms with Gasteiger partial charge in [-0.05, 0) is 152 Å². The van der Waals surface area contributed by atoms with E-state index in [0.717, 1.165) is 58.3 Å². The number of unbranched alkanes of at least 4 members (excludes halogenated alkanes) is 1. The Hall–Kier alpha value is -8.08. The monoisotopic (exact) mass is 898 g/mol. The molecule has 0 saturated carbocycles. The molecular formula is C66H51BN2O. The minimum absolute atomic E-state index is 0.176. The van der Waals surface area contributed by atoms with Crippen LogP contribution in [0.3, 0.4) is 0 Å². The molecule has 0 unspecified atom stereocenters. The SMILES string of the molecule is CCCCc1ccc(N2c3cc(C)cc4c3B(c3ccc5c(oc6cc7ccccc7cc65)c32)N(c2ccc(-c3ccccc3)cc2)c2cc3c(cc2-4)-c2ccccc2C3(C)C)c(-c2ccccc2)c1. The van der Waals surface area contributed by atoms with E-state index in [4.69, 9.17) is 4.42 Å². The maximum Gasteiger partial charge on any atom is 0.333 e. The van der Waals surface area contributed by atoms with Crippen LogP contribution >= 0.6 is 0 Å². The van der Waals surface area contributed by atoms with E-state index in [1.807, 2.05) is 0 Å². The number of fused-ring (bicyclic) bond motifs is 12. The molecule has 0 amide bonds. The fraction of sp³-hybridized carbons (Fsp3) is 0.121. The summed E-state index contributed by atoms with van der Waals surface area (Å²) in [5.74, 6) is 0. The minimum atomic E-state index is -0.183. The van der Waals surface area contributed by atoms with Crippen molar-refractivity contribution in [3.63, 3.8) is 0 Å². The van der Waals surface area contributed by atoms with Crippen molar-refractivity contribution in [2.45, 2.75) is 52.4 Å². The first-order valence-electron chi connectivity index (χ1n) is 25.1. The molecule has 3 nitrogen and oxygen atoms in total. The summed E-state index contributed by atoms with van der Waals surface area (Å²) in [6.45, 7) is 9.17. The van der Waals surface area contributed by atoms with Gasteiger partial charge in [0.15, 0.2) is 5.58 Å². The van der Waals surface area contributed by atoms with Crippen molar-refractivity contribution in [2.24, 2.45) is 0 Å². The zero-order chi connectivity index (χ0) is 46.8. The van der Waals surface area contributed by atoms with Crippen LogP contribution in [0.15, 0.2) is 205 Å². The number of nitrogens with zero attached hydrogens (tertiary/aromatic N) is 2. The molecule has 4 heteroatoms. The first-order valence-corrected chi connectivity index (χ1v) is 25.1. The molecule has 0 atom stereocenters. The van der Waals surface area contributed by atoms with Gasteiger partial charge in [0, 0.05) is 44.4 Å². The van der Waals surface area contributed by atoms with E-state index in [1.54, 1.807) is 0 Å². The molecule has 3 heterocycles. The minimum Gasteiger partial charge on any atom is -0.454 e. The summed E-state index contributed by atoms with van der Waals surface area (Å²) >= 11 is 0. The number of hydrogen-bond donors (Lipinski definition) is 0. The average molecular weight is 899 g/mol. The van der Waals surface area contributed by atoms with Gasteiger partial charge >= 0.3 is 6.85 Å². The lowest BCUT2D eigenvalue weighted by Gasteiger charge is -2.46. The third-order valence-corrected chi connectivity index (χ3v) is 15.8. The maximum absolute atomic E-state index is 7.36. The van der Waals surface area contributed by atoms with Gasteiger partial charge in [0.2, 0.25) is 0 Å². The standard InChI is InChI=1S/C66H51BN2O/c1-5-6-17-42-26-33-59(51(36-42)45-20-11-8-12-21-45)68-61-35-41(2)34-55-53-39-52-49-24-15-16-25-56(49)66(3,4)57(52)40-60(53)69(48-29-27-44(28-30-48)43-18-9-7-10-19-43)67(63(55)61)58-32-31-50-54-37-46-22-13-14-23-47(46)38-62(54)70-65(50)64(58)68/h7-16,18-40H,5-6,17H2,1-4H3. The lowest BCUT2D eigenvalue weighted by Crippen LogP contribution is -2.61. The number of furan rings is 1. The first kappa shape index (κ1) is 40.9. The lowest BCUT2D eigenvalue weighted by atomic mass is 9.43. The molecule has 0 N–H and O–H groups in total. The number of benzene rings is 10. The highest BCUT2D eigenvalue weighted by Gasteiger charge is 2.48. The lowest BCUT2D eigenvalue weighted by molar-refractivity contribution is 0.660. The van der Waals surface area contributed by atoms with Gasteiger partial charge in [0.05, 0.1) is 11.4 Å². The summed E-state index contributed by atoms with van der Waals surface area (Å²) < 4.78 is 7.36. The Labute approximate surface area is 410 Å². The first-order chi connectivity index (χ1) is 34.3. The van der Waals surface area contributed by atoms with E-state index >= 15 is 0 Å². The molecule has 2 aliphatic heterocycles. The summed E-state index contributed by atoms with van der Waals surface area (Å²) in [5, 5.41) is 4.63. The fourth-order valence-corrected chi connectivity index (χ4v) is 12.4. The third kappa shape index (κ3) is 6.02. The van der Waals surface area contributed by atoms with Crippen molar-refractivity contribution in [1.82, 2.24) is 0 Å². The zero-order valence-electron chi connectivity index (χ0n) is 40.1. The average Bonchev–Trinajstić information content (AvgIpc) is 3.87. The zero-order valence-corrected chi connectivity index (χ0v) is 40.1. The second kappa shape index (κ2) is 15.5. The molecule has 3 aliphatic rings. The van der Waals surface area contributed by atoms with E-state index < -0.39 is 0 Å². The van der Waals surface area contributed by atoms with E-state index in [-0.39, 0.29) is 12.3 Å². The Morgan fingerprint density at radius 3 is 2.01 bits per heavy atom. The second-order valence-electron chi connectivity index (χ2n) is 20.4. The van der Waals surface area contributed by atoms with Gasteiger partial charge in [-0.1, -0.05) is 173 Å². The normalized spacial score (nSPS) is 13.9. The highest BCUT2D eigenvalue weighted by Crippen LogP contribution is 2.56. The second-order valence-corrected chi connectivity index (χ2v) is 20.4. The van der Waals surface area contributed by atoms with Gasteiger partial charge in [-0.15, -0.1) is 0 Å². The van der Waals surface area contributed by atoms with Gasteiger partial charge in [-0.25, -0.2) is 0 Å². The van der Waals surface area contributed by atoms with Crippen molar-refractivity contribution < 1.29 is 4.42 Å². The van der Waals surface area contributed by atoms with Crippen LogP contribution < -0.4 is 20.6 Å². The Balaban J connectivity index is 1.11. The summed E-state index contributed by atoms with van der Waals surface area (Å²) in [5.41, 5.74) is 25.3. The van der Waals surface area contributed by atoms with Crippen LogP contribution in [-0.4, -0.2) is 6.85 Å². The van der Waals surface area contributed by atoms with Gasteiger partial charge < -0.3 is 14.1 Å². The van der Waals surface area contributed by atoms with Crippen LogP contribution in [0.25, 0.3) is 77.2 Å². The van der Waals surface area contributed by atoms with Crippen molar-refractivity contribution in [2.75, 3.05) is 9.71 Å². The molecule has 10 aromatic carbocycles. The van der Waals surface area contributed by atoms with Crippen molar-refractivity contribution >= 4 is 78.9 Å². The Kier molecular flexibility index (Phi) is 9.05. The third-order valence-electron chi connectivity index (χ3n) is 15.8. The molecule has 0 radical (unpaired) electrons. The molecule has 11 aromatic rings. The van der Waals surface area contributed by atoms with E-state index in [0.29, 0.717) is 0 Å². The molecule has 1 aromatic heterocycles. The number of hydrogen-bond acceptors (Lipinski definition) is 3. The van der Waals surface area contributed by atoms with Crippen molar-refractivity contribution in [3.05, 3.63) is 222 Å². The van der Waals surface area contributed by atoms with E-state index in [9.17, 15) is 0 Å². The van der Waals surface area contributed by atoms with Gasteiger partial charge in [-0.2, -0.15) is 0 Å². The molecule has 0 bridgehead atoms. The van der Waals surface area contributed by atoms with Crippen molar-refractivity contribution in [3.8, 4) is 44.5 Å². The highest BCUT2D eigenvalue weighted by molar-refractivity contribution is 6.94. The number of anilines is 5. The topological polar surface area (TPSA) is 19.6 Å². The van der Waals surface area contributed by atoms with Crippen LogP contribution in [0.4, 0.5) is 28.4 Å². The Morgan fingerprint density at radius 1 is 0.514 bits per heavy atom.